The molecule has 2 nitrogen and oxygen atoms in total. The van der Waals surface area contributed by atoms with Crippen LogP contribution in [0.15, 0.2) is 18.2 Å². The zero-order chi connectivity index (χ0) is 10.8. The molecule has 1 aliphatic heterocycles. The van der Waals surface area contributed by atoms with Crippen LogP contribution in [0.3, 0.4) is 0 Å². The van der Waals surface area contributed by atoms with E-state index in [-0.39, 0.29) is 5.78 Å². The minimum absolute atomic E-state index is 0.159. The number of carbonyl (C=O) groups excluding carboxylic acids is 1. The predicted molar refractivity (Wildman–Crippen MR) is 51.3 cm³/mol. The lowest BCUT2D eigenvalue weighted by Gasteiger charge is -2.13. The highest BCUT2D eigenvalue weighted by Gasteiger charge is 2.20. The minimum Gasteiger partial charge on any atom is -0.298 e. The lowest BCUT2D eigenvalue weighted by atomic mass is 10.2. The van der Waals surface area contributed by atoms with Gasteiger partial charge in [0.15, 0.2) is 11.6 Å². The Hall–Kier alpha value is -1.29. The molecule has 80 valence electrons. The van der Waals surface area contributed by atoms with E-state index >= 15 is 0 Å². The van der Waals surface area contributed by atoms with Crippen molar-refractivity contribution in [3.63, 3.8) is 0 Å². The number of hydrogen-bond acceptors (Lipinski definition) is 2. The first-order chi connectivity index (χ1) is 7.16. The maximum absolute atomic E-state index is 13.3. The lowest BCUT2D eigenvalue weighted by Crippen LogP contribution is -2.20. The molecule has 1 heterocycles. The average molecular weight is 211 g/mol. The summed E-state index contributed by atoms with van der Waals surface area (Å²) in [7, 11) is 0. The second-order valence-corrected chi connectivity index (χ2v) is 3.71. The number of carbonyl (C=O) groups is 1. The topological polar surface area (TPSA) is 20.3 Å². The lowest BCUT2D eigenvalue weighted by molar-refractivity contribution is -0.116. The van der Waals surface area contributed by atoms with Gasteiger partial charge in [-0.3, -0.25) is 9.69 Å². The summed E-state index contributed by atoms with van der Waals surface area (Å²) in [6.07, 6.45) is 0.511. The summed E-state index contributed by atoms with van der Waals surface area (Å²) in [5, 5.41) is 0. The first kappa shape index (κ1) is 10.2. The van der Waals surface area contributed by atoms with E-state index in [1.54, 1.807) is 6.07 Å². The summed E-state index contributed by atoms with van der Waals surface area (Å²) in [6.45, 7) is 1.28. The molecule has 2 rings (SSSR count). The van der Waals surface area contributed by atoms with Crippen LogP contribution in [-0.2, 0) is 11.3 Å². The number of ketones is 1. The third-order valence-corrected chi connectivity index (χ3v) is 2.53. The van der Waals surface area contributed by atoms with Gasteiger partial charge in [-0.15, -0.1) is 0 Å². The average Bonchev–Trinajstić information content (AvgIpc) is 2.59. The molecular formula is C11H11F2NO. The monoisotopic (exact) mass is 211 g/mol. The van der Waals surface area contributed by atoms with Crippen molar-refractivity contribution in [1.29, 1.82) is 0 Å². The molecule has 1 aliphatic rings. The number of nitrogens with zero attached hydrogens (tertiary/aromatic N) is 1. The van der Waals surface area contributed by atoms with Crippen molar-refractivity contribution in [3.05, 3.63) is 35.4 Å². The van der Waals surface area contributed by atoms with Gasteiger partial charge in [0, 0.05) is 25.1 Å². The molecule has 0 unspecified atom stereocenters. The highest BCUT2D eigenvalue weighted by atomic mass is 19.2. The molecular weight excluding hydrogens is 200 g/mol. The molecule has 0 amide bonds. The van der Waals surface area contributed by atoms with Gasteiger partial charge < -0.3 is 0 Å². The van der Waals surface area contributed by atoms with Crippen LogP contribution in [-0.4, -0.2) is 23.8 Å². The van der Waals surface area contributed by atoms with E-state index in [0.717, 1.165) is 6.07 Å². The van der Waals surface area contributed by atoms with Crippen LogP contribution in [0.25, 0.3) is 0 Å². The molecule has 4 heteroatoms. The van der Waals surface area contributed by atoms with Crippen molar-refractivity contribution in [1.82, 2.24) is 4.90 Å². The standard InChI is InChI=1S/C11H11F2NO/c12-10-3-1-2-8(11(10)13)6-14-5-4-9(15)7-14/h1-3H,4-7H2. The number of benzene rings is 1. The van der Waals surface area contributed by atoms with Crippen LogP contribution >= 0.6 is 0 Å². The molecule has 0 radical (unpaired) electrons. The van der Waals surface area contributed by atoms with Gasteiger partial charge in [0.2, 0.25) is 0 Å². The van der Waals surface area contributed by atoms with Crippen molar-refractivity contribution in [2.24, 2.45) is 0 Å². The third-order valence-electron chi connectivity index (χ3n) is 2.53. The minimum atomic E-state index is -0.835. The van der Waals surface area contributed by atoms with Crippen LogP contribution in [0.5, 0.6) is 0 Å². The van der Waals surface area contributed by atoms with E-state index < -0.39 is 11.6 Å². The van der Waals surface area contributed by atoms with Gasteiger partial charge in [0.25, 0.3) is 0 Å². The largest absolute Gasteiger partial charge is 0.298 e. The number of likely N-dealkylation sites (tertiary alicyclic amines) is 1. The number of Topliss-reactive ketones (excluding diaryl/α,β-unsaturated/α-hetero) is 1. The summed E-state index contributed by atoms with van der Waals surface area (Å²) in [5.74, 6) is -1.48. The third kappa shape index (κ3) is 2.21. The predicted octanol–water partition coefficient (Wildman–Crippen LogP) is 1.74. The zero-order valence-electron chi connectivity index (χ0n) is 8.17. The smallest absolute Gasteiger partial charge is 0.163 e. The molecule has 1 aromatic carbocycles. The molecule has 1 fully saturated rings. The van der Waals surface area contributed by atoms with Gasteiger partial charge in [-0.1, -0.05) is 12.1 Å². The summed E-state index contributed by atoms with van der Waals surface area (Å²) in [6, 6.07) is 4.11. The second-order valence-electron chi connectivity index (χ2n) is 3.71. The normalized spacial score (nSPS) is 17.3. The fourth-order valence-corrected chi connectivity index (χ4v) is 1.74. The highest BCUT2D eigenvalue weighted by Crippen LogP contribution is 2.15. The Bertz CT molecular complexity index is 392. The van der Waals surface area contributed by atoms with E-state index in [1.165, 1.54) is 6.07 Å². The quantitative estimate of drug-likeness (QED) is 0.742. The summed E-state index contributed by atoms with van der Waals surface area (Å²) < 4.78 is 26.1. The van der Waals surface area contributed by atoms with E-state index in [2.05, 4.69) is 0 Å². The van der Waals surface area contributed by atoms with Crippen LogP contribution in [0.2, 0.25) is 0 Å². The Balaban J connectivity index is 2.11. The van der Waals surface area contributed by atoms with E-state index in [0.29, 0.717) is 31.6 Å². The Labute approximate surface area is 86.5 Å². The van der Waals surface area contributed by atoms with E-state index in [9.17, 15) is 13.6 Å². The fourth-order valence-electron chi connectivity index (χ4n) is 1.74. The Kier molecular flexibility index (Phi) is 2.77. The maximum atomic E-state index is 13.3. The fraction of sp³-hybridized carbons (Fsp3) is 0.364. The molecule has 0 saturated carbocycles. The Morgan fingerprint density at radius 1 is 1.33 bits per heavy atom. The zero-order valence-corrected chi connectivity index (χ0v) is 8.17. The van der Waals surface area contributed by atoms with E-state index in [4.69, 9.17) is 0 Å². The van der Waals surface area contributed by atoms with Crippen molar-refractivity contribution in [2.75, 3.05) is 13.1 Å². The maximum Gasteiger partial charge on any atom is 0.163 e. The van der Waals surface area contributed by atoms with Crippen molar-refractivity contribution >= 4 is 5.78 Å². The summed E-state index contributed by atoms with van der Waals surface area (Å²) in [5.41, 5.74) is 0.310. The van der Waals surface area contributed by atoms with Crippen LogP contribution in [0, 0.1) is 11.6 Å². The van der Waals surface area contributed by atoms with Crippen molar-refractivity contribution in [3.8, 4) is 0 Å². The van der Waals surface area contributed by atoms with Crippen LogP contribution in [0.1, 0.15) is 12.0 Å². The van der Waals surface area contributed by atoms with Crippen LogP contribution < -0.4 is 0 Å². The molecule has 0 aromatic heterocycles. The Morgan fingerprint density at radius 2 is 2.13 bits per heavy atom. The number of hydrogen-bond donors (Lipinski definition) is 0. The second kappa shape index (κ2) is 4.06. The Morgan fingerprint density at radius 3 is 2.80 bits per heavy atom. The molecule has 0 N–H and O–H groups in total. The first-order valence-corrected chi connectivity index (χ1v) is 4.84. The molecule has 0 atom stereocenters. The highest BCUT2D eigenvalue weighted by molar-refractivity contribution is 5.82. The van der Waals surface area contributed by atoms with Gasteiger partial charge in [0.05, 0.1) is 6.54 Å². The van der Waals surface area contributed by atoms with Crippen molar-refractivity contribution in [2.45, 2.75) is 13.0 Å². The molecule has 1 aromatic rings. The molecule has 15 heavy (non-hydrogen) atoms. The van der Waals surface area contributed by atoms with Gasteiger partial charge >= 0.3 is 0 Å². The van der Waals surface area contributed by atoms with E-state index in [1.807, 2.05) is 4.90 Å². The van der Waals surface area contributed by atoms with Gasteiger partial charge in [-0.05, 0) is 6.07 Å². The SMILES string of the molecule is O=C1CCN(Cc2cccc(F)c2F)C1. The number of rotatable bonds is 2. The summed E-state index contributed by atoms with van der Waals surface area (Å²) >= 11 is 0. The van der Waals surface area contributed by atoms with Gasteiger partial charge in [-0.2, -0.15) is 0 Å². The molecule has 0 aliphatic carbocycles. The number of halogens is 2. The van der Waals surface area contributed by atoms with Crippen LogP contribution in [0.4, 0.5) is 8.78 Å². The van der Waals surface area contributed by atoms with Crippen molar-refractivity contribution < 1.29 is 13.6 Å². The van der Waals surface area contributed by atoms with Gasteiger partial charge in [-0.25, -0.2) is 8.78 Å². The summed E-state index contributed by atoms with van der Waals surface area (Å²) in [4.78, 5) is 12.8. The first-order valence-electron chi connectivity index (χ1n) is 4.84. The van der Waals surface area contributed by atoms with Gasteiger partial charge in [0.1, 0.15) is 5.78 Å². The molecule has 1 saturated heterocycles. The molecule has 0 spiro atoms. The molecule has 0 bridgehead atoms.